The van der Waals surface area contributed by atoms with Crippen LogP contribution in [0, 0.1) is 6.92 Å². The Morgan fingerprint density at radius 2 is 1.84 bits per heavy atom. The molecule has 1 aliphatic carbocycles. The van der Waals surface area contributed by atoms with Gasteiger partial charge in [0.2, 0.25) is 0 Å². The van der Waals surface area contributed by atoms with Crippen LogP contribution in [0.5, 0.6) is 11.5 Å². The lowest BCUT2D eigenvalue weighted by molar-refractivity contribution is -0.142. The van der Waals surface area contributed by atoms with Crippen molar-refractivity contribution in [2.45, 2.75) is 31.7 Å². The number of aryl methyl sites for hydroxylation is 1. The van der Waals surface area contributed by atoms with E-state index in [0.29, 0.717) is 35.2 Å². The van der Waals surface area contributed by atoms with Gasteiger partial charge in [-0.15, -0.1) is 0 Å². The number of carbonyl (C=O) groups is 1. The van der Waals surface area contributed by atoms with Gasteiger partial charge in [0.15, 0.2) is 11.5 Å². The fourth-order valence-electron chi connectivity index (χ4n) is 3.91. The molecular formula is C24H25N3O4. The van der Waals surface area contributed by atoms with Gasteiger partial charge in [0.05, 0.1) is 25.1 Å². The van der Waals surface area contributed by atoms with Crippen molar-refractivity contribution < 1.29 is 19.4 Å². The summed E-state index contributed by atoms with van der Waals surface area (Å²) in [6.45, 7) is 2.54. The Kier molecular flexibility index (Phi) is 5.75. The van der Waals surface area contributed by atoms with E-state index < -0.39 is 11.5 Å². The smallest absolute Gasteiger partial charge is 0.330 e. The molecule has 3 aromatic rings. The Bertz CT molecular complexity index is 1070. The quantitative estimate of drug-likeness (QED) is 0.578. The van der Waals surface area contributed by atoms with E-state index in [0.717, 1.165) is 6.42 Å². The SMILES string of the molecule is COc1ccc(NC2(C(=O)O)Cc3nccnc3C2)cc1OCCc1cccc(C)c1. The molecule has 0 saturated carbocycles. The van der Waals surface area contributed by atoms with Gasteiger partial charge >= 0.3 is 5.97 Å². The Morgan fingerprint density at radius 1 is 1.10 bits per heavy atom. The zero-order chi connectivity index (χ0) is 21.8. The van der Waals surface area contributed by atoms with Gasteiger partial charge < -0.3 is 19.9 Å². The summed E-state index contributed by atoms with van der Waals surface area (Å²) < 4.78 is 11.4. The maximum atomic E-state index is 12.2. The first-order chi connectivity index (χ1) is 15.0. The van der Waals surface area contributed by atoms with Crippen molar-refractivity contribution in [2.75, 3.05) is 19.0 Å². The minimum absolute atomic E-state index is 0.265. The molecule has 0 unspecified atom stereocenters. The highest BCUT2D eigenvalue weighted by atomic mass is 16.5. The second-order valence-electron chi connectivity index (χ2n) is 7.77. The van der Waals surface area contributed by atoms with E-state index in [9.17, 15) is 9.90 Å². The lowest BCUT2D eigenvalue weighted by Gasteiger charge is -2.26. The minimum atomic E-state index is -1.20. The van der Waals surface area contributed by atoms with Gasteiger partial charge in [-0.05, 0) is 24.6 Å². The molecule has 1 heterocycles. The normalized spacial score (nSPS) is 14.0. The third-order valence-corrected chi connectivity index (χ3v) is 5.49. The predicted molar refractivity (Wildman–Crippen MR) is 117 cm³/mol. The van der Waals surface area contributed by atoms with E-state index in [-0.39, 0.29) is 12.8 Å². The van der Waals surface area contributed by atoms with Crippen molar-refractivity contribution >= 4 is 11.7 Å². The number of nitrogens with zero attached hydrogens (tertiary/aromatic N) is 2. The molecule has 0 radical (unpaired) electrons. The maximum Gasteiger partial charge on any atom is 0.330 e. The van der Waals surface area contributed by atoms with Crippen LogP contribution in [0.1, 0.15) is 22.5 Å². The third-order valence-electron chi connectivity index (χ3n) is 5.49. The molecule has 0 saturated heterocycles. The lowest BCUT2D eigenvalue weighted by Crippen LogP contribution is -2.47. The zero-order valence-corrected chi connectivity index (χ0v) is 17.6. The molecule has 2 aromatic carbocycles. The molecule has 4 rings (SSSR count). The van der Waals surface area contributed by atoms with E-state index in [1.807, 2.05) is 6.07 Å². The first-order valence-electron chi connectivity index (χ1n) is 10.2. The molecule has 0 fully saturated rings. The second kappa shape index (κ2) is 8.63. The van der Waals surface area contributed by atoms with E-state index in [1.54, 1.807) is 37.7 Å². The molecule has 7 heteroatoms. The van der Waals surface area contributed by atoms with Crippen molar-refractivity contribution in [2.24, 2.45) is 0 Å². The molecule has 2 N–H and O–H groups in total. The molecule has 0 aliphatic heterocycles. The number of anilines is 1. The maximum absolute atomic E-state index is 12.2. The fourth-order valence-corrected chi connectivity index (χ4v) is 3.91. The van der Waals surface area contributed by atoms with Crippen LogP contribution in [0.2, 0.25) is 0 Å². The predicted octanol–water partition coefficient (Wildman–Crippen LogP) is 3.45. The minimum Gasteiger partial charge on any atom is -0.493 e. The fraction of sp³-hybridized carbons (Fsp3) is 0.292. The topological polar surface area (TPSA) is 93.6 Å². The number of hydrogen-bond donors (Lipinski definition) is 2. The Labute approximate surface area is 181 Å². The molecule has 31 heavy (non-hydrogen) atoms. The number of benzene rings is 2. The Morgan fingerprint density at radius 3 is 2.48 bits per heavy atom. The number of aromatic nitrogens is 2. The highest BCUT2D eigenvalue weighted by Crippen LogP contribution is 2.35. The zero-order valence-electron chi connectivity index (χ0n) is 17.6. The van der Waals surface area contributed by atoms with E-state index >= 15 is 0 Å². The number of fused-ring (bicyclic) bond motifs is 1. The lowest BCUT2D eigenvalue weighted by atomic mass is 9.96. The van der Waals surface area contributed by atoms with Gasteiger partial charge in [-0.1, -0.05) is 29.8 Å². The number of nitrogens with one attached hydrogen (secondary N) is 1. The van der Waals surface area contributed by atoms with Crippen molar-refractivity contribution in [1.29, 1.82) is 0 Å². The highest BCUT2D eigenvalue weighted by molar-refractivity contribution is 5.85. The largest absolute Gasteiger partial charge is 0.493 e. The van der Waals surface area contributed by atoms with Gasteiger partial charge in [0.25, 0.3) is 0 Å². The summed E-state index contributed by atoms with van der Waals surface area (Å²) in [4.78, 5) is 20.8. The molecule has 0 bridgehead atoms. The first-order valence-corrected chi connectivity index (χ1v) is 10.2. The van der Waals surface area contributed by atoms with Crippen LogP contribution in [0.4, 0.5) is 5.69 Å². The molecule has 1 aromatic heterocycles. The second-order valence-corrected chi connectivity index (χ2v) is 7.77. The molecule has 0 spiro atoms. The molecular weight excluding hydrogens is 394 g/mol. The summed E-state index contributed by atoms with van der Waals surface area (Å²) >= 11 is 0. The molecule has 0 atom stereocenters. The number of aliphatic carboxylic acids is 1. The van der Waals surface area contributed by atoms with Crippen LogP contribution < -0.4 is 14.8 Å². The van der Waals surface area contributed by atoms with Crippen molar-refractivity contribution in [1.82, 2.24) is 9.97 Å². The van der Waals surface area contributed by atoms with Crippen LogP contribution >= 0.6 is 0 Å². The molecule has 7 nitrogen and oxygen atoms in total. The van der Waals surface area contributed by atoms with Gasteiger partial charge in [-0.3, -0.25) is 9.97 Å². The van der Waals surface area contributed by atoms with Gasteiger partial charge in [0, 0.05) is 43.4 Å². The first kappa shape index (κ1) is 20.7. The van der Waals surface area contributed by atoms with Gasteiger partial charge in [-0.25, -0.2) is 4.79 Å². The summed E-state index contributed by atoms with van der Waals surface area (Å²) in [5.41, 5.74) is 3.27. The molecule has 0 amide bonds. The number of methoxy groups -OCH3 is 1. The number of carboxylic acid groups (broad SMARTS) is 1. The van der Waals surface area contributed by atoms with Gasteiger partial charge in [-0.2, -0.15) is 0 Å². The standard InChI is InChI=1S/C24H25N3O4/c1-16-4-3-5-17(12-16)8-11-31-22-13-18(6-7-21(22)30-2)27-24(23(28)29)14-19-20(15-24)26-10-9-25-19/h3-7,9-10,12-13,27H,8,11,14-15H2,1-2H3,(H,28,29). The molecule has 1 aliphatic rings. The van der Waals surface area contributed by atoms with Crippen LogP contribution in [0.25, 0.3) is 0 Å². The van der Waals surface area contributed by atoms with E-state index in [2.05, 4.69) is 40.4 Å². The summed E-state index contributed by atoms with van der Waals surface area (Å²) in [6, 6.07) is 13.7. The summed E-state index contributed by atoms with van der Waals surface area (Å²) in [7, 11) is 1.58. The summed E-state index contributed by atoms with van der Waals surface area (Å²) in [5.74, 6) is 0.217. The number of carboxylic acids is 1. The monoisotopic (exact) mass is 419 g/mol. The van der Waals surface area contributed by atoms with Crippen LogP contribution in [-0.4, -0.2) is 40.3 Å². The van der Waals surface area contributed by atoms with Gasteiger partial charge in [0.1, 0.15) is 5.54 Å². The Balaban J connectivity index is 1.50. The van der Waals surface area contributed by atoms with E-state index in [1.165, 1.54) is 11.1 Å². The van der Waals surface area contributed by atoms with Crippen molar-refractivity contribution in [3.05, 3.63) is 77.4 Å². The van der Waals surface area contributed by atoms with Crippen LogP contribution in [-0.2, 0) is 24.1 Å². The Hall–Kier alpha value is -3.61. The van der Waals surface area contributed by atoms with E-state index in [4.69, 9.17) is 9.47 Å². The average Bonchev–Trinajstić information content (AvgIpc) is 3.13. The van der Waals surface area contributed by atoms with Crippen molar-refractivity contribution in [3.8, 4) is 11.5 Å². The highest BCUT2D eigenvalue weighted by Gasteiger charge is 2.45. The number of hydrogen-bond acceptors (Lipinski definition) is 6. The number of rotatable bonds is 8. The summed E-state index contributed by atoms with van der Waals surface area (Å²) in [5, 5.41) is 13.2. The van der Waals surface area contributed by atoms with Crippen LogP contribution in [0.15, 0.2) is 54.9 Å². The summed E-state index contributed by atoms with van der Waals surface area (Å²) in [6.07, 6.45) is 4.46. The third kappa shape index (κ3) is 4.45. The number of ether oxygens (including phenoxy) is 2. The molecule has 160 valence electrons. The average molecular weight is 419 g/mol. The van der Waals surface area contributed by atoms with Crippen molar-refractivity contribution in [3.63, 3.8) is 0 Å². The van der Waals surface area contributed by atoms with Crippen LogP contribution in [0.3, 0.4) is 0 Å².